The number of hydrogen-bond donors (Lipinski definition) is 1. The number of allylic oxidation sites excluding steroid dienone is 1. The van der Waals surface area contributed by atoms with Crippen molar-refractivity contribution in [3.8, 4) is 11.5 Å². The second-order valence-electron chi connectivity index (χ2n) is 7.56. The van der Waals surface area contributed by atoms with Gasteiger partial charge in [0.2, 0.25) is 0 Å². The summed E-state index contributed by atoms with van der Waals surface area (Å²) < 4.78 is 26.0. The lowest BCUT2D eigenvalue weighted by molar-refractivity contribution is 0.263. The highest BCUT2D eigenvalue weighted by Gasteiger charge is 2.15. The molecule has 0 atom stereocenters. The first kappa shape index (κ1) is 22.4. The molecule has 0 saturated carbocycles. The molecular weight excluding hydrogens is 389 g/mol. The molecule has 4 heteroatoms. The van der Waals surface area contributed by atoms with Gasteiger partial charge in [0, 0.05) is 23.4 Å². The van der Waals surface area contributed by atoms with Crippen molar-refractivity contribution in [3.63, 3.8) is 0 Å². The van der Waals surface area contributed by atoms with Crippen molar-refractivity contribution in [2.45, 2.75) is 40.3 Å². The van der Waals surface area contributed by atoms with Gasteiger partial charge in [-0.1, -0.05) is 42.0 Å². The molecule has 0 radical (unpaired) electrons. The van der Waals surface area contributed by atoms with E-state index in [0.29, 0.717) is 36.6 Å². The number of nitrogens with one attached hydrogen (secondary N) is 1. The van der Waals surface area contributed by atoms with E-state index in [4.69, 9.17) is 9.47 Å². The minimum absolute atomic E-state index is 0.136. The number of rotatable bonds is 10. The first-order chi connectivity index (χ1) is 15.0. The van der Waals surface area contributed by atoms with Crippen LogP contribution in [0.25, 0.3) is 0 Å². The van der Waals surface area contributed by atoms with Crippen LogP contribution in [0.1, 0.15) is 34.7 Å². The lowest BCUT2D eigenvalue weighted by Crippen LogP contribution is -2.07. The lowest BCUT2D eigenvalue weighted by atomic mass is 10.0. The number of benzene rings is 3. The van der Waals surface area contributed by atoms with Gasteiger partial charge in [0.15, 0.2) is 11.5 Å². The van der Waals surface area contributed by atoms with Gasteiger partial charge in [-0.15, -0.1) is 6.58 Å². The summed E-state index contributed by atoms with van der Waals surface area (Å²) in [5.74, 6) is 1.02. The molecule has 0 aromatic heterocycles. The summed E-state index contributed by atoms with van der Waals surface area (Å²) >= 11 is 0. The predicted molar refractivity (Wildman–Crippen MR) is 125 cm³/mol. The van der Waals surface area contributed by atoms with E-state index in [1.54, 1.807) is 18.2 Å². The van der Waals surface area contributed by atoms with Crippen LogP contribution in [0.5, 0.6) is 11.5 Å². The van der Waals surface area contributed by atoms with Gasteiger partial charge < -0.3 is 14.8 Å². The van der Waals surface area contributed by atoms with Crippen LogP contribution in [0.2, 0.25) is 0 Å². The van der Waals surface area contributed by atoms with E-state index >= 15 is 0 Å². The monoisotopic (exact) mass is 419 g/mol. The standard InChI is InChI=1S/C27H30FNO2/c1-5-9-22-15-21(17-29-25-13-12-19(3)14-20(25)4)16-26(30-6-2)27(22)31-18-23-10-7-8-11-24(23)28/h5,7-8,10-16,29H,1,6,9,17-18H2,2-4H3. The Balaban J connectivity index is 1.86. The molecule has 0 fully saturated rings. The minimum Gasteiger partial charge on any atom is -0.490 e. The molecule has 0 heterocycles. The van der Waals surface area contributed by atoms with Gasteiger partial charge in [-0.2, -0.15) is 0 Å². The highest BCUT2D eigenvalue weighted by Crippen LogP contribution is 2.35. The van der Waals surface area contributed by atoms with E-state index in [2.05, 4.69) is 50.0 Å². The average molecular weight is 420 g/mol. The summed E-state index contributed by atoms with van der Waals surface area (Å²) in [6.45, 7) is 11.3. The van der Waals surface area contributed by atoms with Crippen molar-refractivity contribution < 1.29 is 13.9 Å². The zero-order valence-electron chi connectivity index (χ0n) is 18.5. The molecule has 162 valence electrons. The van der Waals surface area contributed by atoms with Crippen LogP contribution in [-0.2, 0) is 19.6 Å². The SMILES string of the molecule is C=CCc1cc(CNc2ccc(C)cc2C)cc(OCC)c1OCc1ccccc1F. The Kier molecular flexibility index (Phi) is 7.71. The lowest BCUT2D eigenvalue weighted by Gasteiger charge is -2.18. The number of anilines is 1. The third-order valence-electron chi connectivity index (χ3n) is 5.05. The quantitative estimate of drug-likeness (QED) is 0.368. The molecule has 0 bridgehead atoms. The normalized spacial score (nSPS) is 10.6. The zero-order valence-corrected chi connectivity index (χ0v) is 18.5. The van der Waals surface area contributed by atoms with Gasteiger partial charge in [0.25, 0.3) is 0 Å². The van der Waals surface area contributed by atoms with Crippen LogP contribution >= 0.6 is 0 Å². The van der Waals surface area contributed by atoms with Crippen molar-refractivity contribution in [2.24, 2.45) is 0 Å². The third kappa shape index (κ3) is 5.88. The maximum absolute atomic E-state index is 14.0. The van der Waals surface area contributed by atoms with Crippen molar-refractivity contribution >= 4 is 5.69 Å². The summed E-state index contributed by atoms with van der Waals surface area (Å²) in [6, 6.07) is 17.1. The highest BCUT2D eigenvalue weighted by atomic mass is 19.1. The zero-order chi connectivity index (χ0) is 22.2. The number of ether oxygens (including phenoxy) is 2. The molecule has 0 amide bonds. The first-order valence-electron chi connectivity index (χ1n) is 10.6. The smallest absolute Gasteiger partial charge is 0.165 e. The Labute approximate surface area is 184 Å². The molecule has 0 spiro atoms. The molecule has 0 saturated heterocycles. The van der Waals surface area contributed by atoms with Gasteiger partial charge >= 0.3 is 0 Å². The molecule has 0 aliphatic heterocycles. The molecule has 1 N–H and O–H groups in total. The second kappa shape index (κ2) is 10.7. The Morgan fingerprint density at radius 1 is 1.00 bits per heavy atom. The fourth-order valence-electron chi connectivity index (χ4n) is 3.53. The summed E-state index contributed by atoms with van der Waals surface area (Å²) in [4.78, 5) is 0. The van der Waals surface area contributed by atoms with Gasteiger partial charge in [0.1, 0.15) is 12.4 Å². The van der Waals surface area contributed by atoms with E-state index in [9.17, 15) is 4.39 Å². The van der Waals surface area contributed by atoms with Gasteiger partial charge in [0.05, 0.1) is 6.61 Å². The highest BCUT2D eigenvalue weighted by molar-refractivity contribution is 5.54. The van der Waals surface area contributed by atoms with E-state index in [0.717, 1.165) is 16.8 Å². The summed E-state index contributed by atoms with van der Waals surface area (Å²) in [6.07, 6.45) is 2.46. The predicted octanol–water partition coefficient (Wildman–Crippen LogP) is 6.76. The van der Waals surface area contributed by atoms with Crippen molar-refractivity contribution in [1.82, 2.24) is 0 Å². The van der Waals surface area contributed by atoms with Crippen LogP contribution in [0, 0.1) is 19.7 Å². The van der Waals surface area contributed by atoms with Crippen molar-refractivity contribution in [2.75, 3.05) is 11.9 Å². The molecule has 3 aromatic rings. The Bertz CT molecular complexity index is 1050. The van der Waals surface area contributed by atoms with Crippen LogP contribution in [0.4, 0.5) is 10.1 Å². The summed E-state index contributed by atoms with van der Waals surface area (Å²) in [7, 11) is 0. The molecular formula is C27H30FNO2. The van der Waals surface area contributed by atoms with E-state index < -0.39 is 0 Å². The van der Waals surface area contributed by atoms with E-state index in [1.165, 1.54) is 17.2 Å². The van der Waals surface area contributed by atoms with E-state index in [1.807, 2.05) is 19.1 Å². The largest absolute Gasteiger partial charge is 0.490 e. The van der Waals surface area contributed by atoms with Crippen molar-refractivity contribution in [3.05, 3.63) is 101 Å². The van der Waals surface area contributed by atoms with Crippen LogP contribution in [0.15, 0.2) is 67.3 Å². The molecule has 3 rings (SSSR count). The molecule has 0 aliphatic carbocycles. The number of aryl methyl sites for hydroxylation is 2. The molecule has 31 heavy (non-hydrogen) atoms. The number of halogens is 1. The van der Waals surface area contributed by atoms with Gasteiger partial charge in [-0.3, -0.25) is 0 Å². The Morgan fingerprint density at radius 2 is 1.81 bits per heavy atom. The maximum atomic E-state index is 14.0. The maximum Gasteiger partial charge on any atom is 0.165 e. The van der Waals surface area contributed by atoms with Crippen LogP contribution < -0.4 is 14.8 Å². The fourth-order valence-corrected chi connectivity index (χ4v) is 3.53. The molecule has 3 aromatic carbocycles. The molecule has 3 nitrogen and oxygen atoms in total. The number of hydrogen-bond acceptors (Lipinski definition) is 3. The topological polar surface area (TPSA) is 30.5 Å². The van der Waals surface area contributed by atoms with E-state index in [-0.39, 0.29) is 12.4 Å². The average Bonchev–Trinajstić information content (AvgIpc) is 2.74. The van der Waals surface area contributed by atoms with Crippen LogP contribution in [0.3, 0.4) is 0 Å². The molecule has 0 unspecified atom stereocenters. The second-order valence-corrected chi connectivity index (χ2v) is 7.56. The third-order valence-corrected chi connectivity index (χ3v) is 5.05. The Hall–Kier alpha value is -3.27. The van der Waals surface area contributed by atoms with Gasteiger partial charge in [-0.25, -0.2) is 4.39 Å². The van der Waals surface area contributed by atoms with Gasteiger partial charge in [-0.05, 0) is 62.6 Å². The van der Waals surface area contributed by atoms with Crippen molar-refractivity contribution in [1.29, 1.82) is 0 Å². The Morgan fingerprint density at radius 3 is 2.52 bits per heavy atom. The fraction of sp³-hybridized carbons (Fsp3) is 0.259. The summed E-state index contributed by atoms with van der Waals surface area (Å²) in [5, 5.41) is 3.51. The minimum atomic E-state index is -0.278. The first-order valence-corrected chi connectivity index (χ1v) is 10.6. The summed E-state index contributed by atoms with van der Waals surface area (Å²) in [5.41, 5.74) is 6.12. The molecule has 0 aliphatic rings. The van der Waals surface area contributed by atoms with Crippen LogP contribution in [-0.4, -0.2) is 6.61 Å².